The number of nitrogens with one attached hydrogen (secondary N) is 1. The number of carbonyl (C=O) groups is 1. The van der Waals surface area contributed by atoms with E-state index in [1.165, 1.54) is 6.07 Å². The molecule has 1 saturated heterocycles. The average molecular weight is 279 g/mol. The molecule has 0 saturated carbocycles. The monoisotopic (exact) mass is 279 g/mol. The fourth-order valence-corrected chi connectivity index (χ4v) is 2.43. The zero-order chi connectivity index (χ0) is 14.4. The molecule has 0 atom stereocenters. The predicted molar refractivity (Wildman–Crippen MR) is 76.8 cm³/mol. The number of hydrogen-bond donors (Lipinski definition) is 1. The molecule has 110 valence electrons. The molecule has 1 aliphatic heterocycles. The lowest BCUT2D eigenvalue weighted by atomic mass is 10.2. The van der Waals surface area contributed by atoms with Gasteiger partial charge in [-0.05, 0) is 13.0 Å². The molecule has 0 aliphatic carbocycles. The molecule has 5 heteroatoms. The standard InChI is InChI=1S/C15H22FN3O/c1-2-17-15(20)12-19-9-7-18(8-10-19)11-13-5-3-4-6-14(13)16/h3-6H,2,7-12H2,1H3,(H,17,20). The van der Waals surface area contributed by atoms with Gasteiger partial charge in [0, 0.05) is 44.8 Å². The molecule has 1 aromatic rings. The minimum absolute atomic E-state index is 0.0788. The second-order valence-corrected chi connectivity index (χ2v) is 5.10. The van der Waals surface area contributed by atoms with Gasteiger partial charge >= 0.3 is 0 Å². The first kappa shape index (κ1) is 14.9. The molecule has 0 spiro atoms. The Bertz CT molecular complexity index is 444. The van der Waals surface area contributed by atoms with E-state index in [4.69, 9.17) is 0 Å². The van der Waals surface area contributed by atoms with E-state index < -0.39 is 0 Å². The molecule has 1 fully saturated rings. The van der Waals surface area contributed by atoms with Gasteiger partial charge in [-0.15, -0.1) is 0 Å². The number of nitrogens with zero attached hydrogens (tertiary/aromatic N) is 2. The molecule has 1 aromatic carbocycles. The summed E-state index contributed by atoms with van der Waals surface area (Å²) >= 11 is 0. The lowest BCUT2D eigenvalue weighted by molar-refractivity contribution is -0.122. The zero-order valence-corrected chi connectivity index (χ0v) is 11.9. The molecule has 1 N–H and O–H groups in total. The van der Waals surface area contributed by atoms with E-state index in [0.29, 0.717) is 19.6 Å². The number of piperazine rings is 1. The van der Waals surface area contributed by atoms with Crippen LogP contribution in [0.5, 0.6) is 0 Å². The largest absolute Gasteiger partial charge is 0.355 e. The maximum atomic E-state index is 13.6. The molecule has 1 heterocycles. The third-order valence-electron chi connectivity index (χ3n) is 3.56. The predicted octanol–water partition coefficient (Wildman–Crippen LogP) is 1.08. The van der Waals surface area contributed by atoms with Crippen LogP contribution >= 0.6 is 0 Å². The van der Waals surface area contributed by atoms with E-state index in [1.54, 1.807) is 6.07 Å². The number of rotatable bonds is 5. The number of amides is 1. The Morgan fingerprint density at radius 3 is 2.50 bits per heavy atom. The van der Waals surface area contributed by atoms with Gasteiger partial charge in [0.1, 0.15) is 5.82 Å². The average Bonchev–Trinajstić information content (AvgIpc) is 2.44. The third kappa shape index (κ3) is 4.28. The van der Waals surface area contributed by atoms with Gasteiger partial charge in [0.25, 0.3) is 0 Å². The summed E-state index contributed by atoms with van der Waals surface area (Å²) in [7, 11) is 0. The molecular weight excluding hydrogens is 257 g/mol. The molecule has 0 aromatic heterocycles. The summed E-state index contributed by atoms with van der Waals surface area (Å²) < 4.78 is 13.6. The fourth-order valence-electron chi connectivity index (χ4n) is 2.43. The van der Waals surface area contributed by atoms with Crippen LogP contribution in [-0.4, -0.2) is 55.0 Å². The minimum atomic E-state index is -0.141. The van der Waals surface area contributed by atoms with Crippen molar-refractivity contribution in [2.45, 2.75) is 13.5 Å². The lowest BCUT2D eigenvalue weighted by Gasteiger charge is -2.34. The van der Waals surface area contributed by atoms with E-state index in [9.17, 15) is 9.18 Å². The van der Waals surface area contributed by atoms with Crippen LogP contribution in [0.3, 0.4) is 0 Å². The van der Waals surface area contributed by atoms with Crippen molar-refractivity contribution >= 4 is 5.91 Å². The highest BCUT2D eigenvalue weighted by molar-refractivity contribution is 5.77. The number of halogens is 1. The normalized spacial score (nSPS) is 17.1. The van der Waals surface area contributed by atoms with E-state index in [0.717, 1.165) is 31.7 Å². The SMILES string of the molecule is CCNC(=O)CN1CCN(Cc2ccccc2F)CC1. The molecule has 0 unspecified atom stereocenters. The first-order valence-corrected chi connectivity index (χ1v) is 7.14. The van der Waals surface area contributed by atoms with Crippen molar-refractivity contribution in [3.63, 3.8) is 0 Å². The molecule has 0 radical (unpaired) electrons. The Balaban J connectivity index is 1.77. The maximum absolute atomic E-state index is 13.6. The van der Waals surface area contributed by atoms with Gasteiger partial charge in [0.05, 0.1) is 6.54 Å². The Hall–Kier alpha value is -1.46. The number of hydrogen-bond acceptors (Lipinski definition) is 3. The minimum Gasteiger partial charge on any atom is -0.355 e. The third-order valence-corrected chi connectivity index (χ3v) is 3.56. The second-order valence-electron chi connectivity index (χ2n) is 5.10. The molecule has 0 bridgehead atoms. The smallest absolute Gasteiger partial charge is 0.234 e. The van der Waals surface area contributed by atoms with Crippen LogP contribution in [0.25, 0.3) is 0 Å². The van der Waals surface area contributed by atoms with Gasteiger partial charge < -0.3 is 5.32 Å². The quantitative estimate of drug-likeness (QED) is 0.876. The Labute approximate surface area is 119 Å². The highest BCUT2D eigenvalue weighted by Crippen LogP contribution is 2.11. The molecule has 1 aliphatic rings. The van der Waals surface area contributed by atoms with Crippen LogP contribution < -0.4 is 5.32 Å². The summed E-state index contributed by atoms with van der Waals surface area (Å²) in [6.45, 7) is 7.14. The van der Waals surface area contributed by atoms with Crippen LogP contribution in [-0.2, 0) is 11.3 Å². The summed E-state index contributed by atoms with van der Waals surface area (Å²) in [5, 5.41) is 2.81. The highest BCUT2D eigenvalue weighted by Gasteiger charge is 2.19. The Morgan fingerprint density at radius 1 is 1.20 bits per heavy atom. The summed E-state index contributed by atoms with van der Waals surface area (Å²) in [5.41, 5.74) is 0.740. The van der Waals surface area contributed by atoms with Crippen LogP contribution in [0, 0.1) is 5.82 Å². The zero-order valence-electron chi connectivity index (χ0n) is 11.9. The first-order valence-electron chi connectivity index (χ1n) is 7.14. The molecule has 20 heavy (non-hydrogen) atoms. The summed E-state index contributed by atoms with van der Waals surface area (Å²) in [6, 6.07) is 6.91. The summed E-state index contributed by atoms with van der Waals surface area (Å²) in [4.78, 5) is 15.9. The van der Waals surface area contributed by atoms with Crippen molar-refractivity contribution in [1.82, 2.24) is 15.1 Å². The summed E-state index contributed by atoms with van der Waals surface area (Å²) in [6.07, 6.45) is 0. The highest BCUT2D eigenvalue weighted by atomic mass is 19.1. The van der Waals surface area contributed by atoms with E-state index in [-0.39, 0.29) is 11.7 Å². The second kappa shape index (κ2) is 7.36. The summed E-state index contributed by atoms with van der Waals surface area (Å²) in [5.74, 6) is -0.0627. The van der Waals surface area contributed by atoms with E-state index in [1.807, 2.05) is 19.1 Å². The Morgan fingerprint density at radius 2 is 1.85 bits per heavy atom. The van der Waals surface area contributed by atoms with E-state index in [2.05, 4.69) is 15.1 Å². The molecule has 2 rings (SSSR count). The van der Waals surface area contributed by atoms with Crippen LogP contribution in [0.15, 0.2) is 24.3 Å². The molecular formula is C15H22FN3O. The van der Waals surface area contributed by atoms with Gasteiger partial charge in [-0.25, -0.2) is 4.39 Å². The number of likely N-dealkylation sites (N-methyl/N-ethyl adjacent to an activating group) is 1. The van der Waals surface area contributed by atoms with Gasteiger partial charge in [0.2, 0.25) is 5.91 Å². The van der Waals surface area contributed by atoms with Crippen molar-refractivity contribution < 1.29 is 9.18 Å². The van der Waals surface area contributed by atoms with Crippen LogP contribution in [0.1, 0.15) is 12.5 Å². The lowest BCUT2D eigenvalue weighted by Crippen LogP contribution is -2.49. The van der Waals surface area contributed by atoms with Crippen LogP contribution in [0.4, 0.5) is 4.39 Å². The number of benzene rings is 1. The van der Waals surface area contributed by atoms with Gasteiger partial charge in [-0.3, -0.25) is 14.6 Å². The van der Waals surface area contributed by atoms with Crippen molar-refractivity contribution in [3.8, 4) is 0 Å². The molecule has 4 nitrogen and oxygen atoms in total. The fraction of sp³-hybridized carbons (Fsp3) is 0.533. The maximum Gasteiger partial charge on any atom is 0.234 e. The van der Waals surface area contributed by atoms with Crippen LogP contribution in [0.2, 0.25) is 0 Å². The van der Waals surface area contributed by atoms with Gasteiger partial charge in [-0.1, -0.05) is 18.2 Å². The van der Waals surface area contributed by atoms with Crippen molar-refractivity contribution in [2.75, 3.05) is 39.3 Å². The van der Waals surface area contributed by atoms with Gasteiger partial charge in [0.15, 0.2) is 0 Å². The topological polar surface area (TPSA) is 35.6 Å². The molecule has 1 amide bonds. The van der Waals surface area contributed by atoms with Crippen molar-refractivity contribution in [2.24, 2.45) is 0 Å². The van der Waals surface area contributed by atoms with Crippen molar-refractivity contribution in [1.29, 1.82) is 0 Å². The van der Waals surface area contributed by atoms with E-state index >= 15 is 0 Å². The van der Waals surface area contributed by atoms with Crippen molar-refractivity contribution in [3.05, 3.63) is 35.6 Å². The first-order chi connectivity index (χ1) is 9.69. The Kier molecular flexibility index (Phi) is 5.49. The number of carbonyl (C=O) groups excluding carboxylic acids is 1. The van der Waals surface area contributed by atoms with Gasteiger partial charge in [-0.2, -0.15) is 0 Å².